The van der Waals surface area contributed by atoms with Crippen LogP contribution in [0.3, 0.4) is 0 Å². The Balaban J connectivity index is 2.98. The van der Waals surface area contributed by atoms with Gasteiger partial charge in [0.15, 0.2) is 0 Å². The highest BCUT2D eigenvalue weighted by molar-refractivity contribution is 7.80. The molecule has 3 N–H and O–H groups in total. The van der Waals surface area contributed by atoms with Gasteiger partial charge in [0.2, 0.25) is 0 Å². The zero-order valence-corrected chi connectivity index (χ0v) is 16.5. The van der Waals surface area contributed by atoms with Crippen molar-refractivity contribution in [3.05, 3.63) is 0 Å². The molecule has 1 amide bonds. The molecule has 0 aromatic rings. The van der Waals surface area contributed by atoms with Crippen molar-refractivity contribution in [1.29, 1.82) is 0 Å². The van der Waals surface area contributed by atoms with Crippen LogP contribution in [-0.4, -0.2) is 45.2 Å². The Morgan fingerprint density at radius 3 is 2.13 bits per heavy atom. The van der Waals surface area contributed by atoms with Gasteiger partial charge in [-0.2, -0.15) is 0 Å². The highest BCUT2D eigenvalue weighted by atomic mass is 32.1. The maximum absolute atomic E-state index is 12.7. The van der Waals surface area contributed by atoms with E-state index in [0.717, 1.165) is 12.8 Å². The molecular weight excluding hydrogens is 310 g/mol. The summed E-state index contributed by atoms with van der Waals surface area (Å²) in [6.07, 6.45) is 1.96. The number of ether oxygens (including phenoxy) is 1. The molecule has 0 atom stereocenters. The highest BCUT2D eigenvalue weighted by Gasteiger charge is 2.42. The van der Waals surface area contributed by atoms with E-state index in [9.17, 15) is 4.79 Å². The minimum Gasteiger partial charge on any atom is -0.444 e. The normalized spacial score (nSPS) is 20.8. The molecule has 0 aromatic carbocycles. The smallest absolute Gasteiger partial charge is 0.410 e. The first kappa shape index (κ1) is 20.2. The minimum absolute atomic E-state index is 0.0457. The van der Waals surface area contributed by atoms with Gasteiger partial charge in [0, 0.05) is 30.1 Å². The van der Waals surface area contributed by atoms with E-state index in [2.05, 4.69) is 33.0 Å². The van der Waals surface area contributed by atoms with E-state index < -0.39 is 5.60 Å². The lowest BCUT2D eigenvalue weighted by Gasteiger charge is -2.49. The monoisotopic (exact) mass is 343 g/mol. The zero-order chi connectivity index (χ0) is 18.1. The molecule has 6 heteroatoms. The standard InChI is InChI=1S/C17H33N3O2S/c1-15(2,3)22-14(21)20(9-8-13(18)23)12-10-16(4,5)19-17(6,7)11-12/h12,19H,8-11H2,1-7H3,(H2,18,23). The largest absolute Gasteiger partial charge is 0.444 e. The molecule has 1 aliphatic heterocycles. The van der Waals surface area contributed by atoms with Crippen LogP contribution in [0.2, 0.25) is 0 Å². The Morgan fingerprint density at radius 1 is 1.26 bits per heavy atom. The number of carbonyl (C=O) groups is 1. The summed E-state index contributed by atoms with van der Waals surface area (Å²) in [6, 6.07) is 0.102. The number of amides is 1. The van der Waals surface area contributed by atoms with E-state index in [4.69, 9.17) is 22.7 Å². The fraction of sp³-hybridized carbons (Fsp3) is 0.882. The Morgan fingerprint density at radius 2 is 1.74 bits per heavy atom. The second-order valence-electron chi connectivity index (χ2n) is 8.84. The second kappa shape index (κ2) is 6.93. The third-order valence-corrected chi connectivity index (χ3v) is 4.04. The molecule has 0 radical (unpaired) electrons. The van der Waals surface area contributed by atoms with Crippen molar-refractivity contribution < 1.29 is 9.53 Å². The van der Waals surface area contributed by atoms with Gasteiger partial charge in [0.05, 0.1) is 4.99 Å². The van der Waals surface area contributed by atoms with Crippen LogP contribution < -0.4 is 11.1 Å². The van der Waals surface area contributed by atoms with Gasteiger partial charge in [-0.25, -0.2) is 4.79 Å². The van der Waals surface area contributed by atoms with Crippen LogP contribution in [0.15, 0.2) is 0 Å². The molecule has 0 saturated carbocycles. The second-order valence-corrected chi connectivity index (χ2v) is 9.37. The van der Waals surface area contributed by atoms with Crippen molar-refractivity contribution >= 4 is 23.3 Å². The number of thiocarbonyl (C=S) groups is 1. The Hall–Kier alpha value is -0.880. The third kappa shape index (κ3) is 7.04. The van der Waals surface area contributed by atoms with Crippen LogP contribution in [0.25, 0.3) is 0 Å². The van der Waals surface area contributed by atoms with Crippen molar-refractivity contribution in [2.24, 2.45) is 5.73 Å². The number of rotatable bonds is 4. The van der Waals surface area contributed by atoms with Crippen LogP contribution in [0.4, 0.5) is 4.79 Å². The van der Waals surface area contributed by atoms with Crippen molar-refractivity contribution in [2.75, 3.05) is 6.54 Å². The summed E-state index contributed by atoms with van der Waals surface area (Å²) >= 11 is 4.99. The average Bonchev–Trinajstić information content (AvgIpc) is 2.21. The van der Waals surface area contributed by atoms with Gasteiger partial charge in [0.1, 0.15) is 5.60 Å². The molecular formula is C17H33N3O2S. The van der Waals surface area contributed by atoms with Crippen LogP contribution in [0.1, 0.15) is 67.7 Å². The summed E-state index contributed by atoms with van der Waals surface area (Å²) in [7, 11) is 0. The summed E-state index contributed by atoms with van der Waals surface area (Å²) in [6.45, 7) is 14.8. The number of nitrogens with two attached hydrogens (primary N) is 1. The topological polar surface area (TPSA) is 67.6 Å². The molecule has 0 spiro atoms. The molecule has 1 heterocycles. The van der Waals surface area contributed by atoms with Gasteiger partial charge < -0.3 is 20.7 Å². The highest BCUT2D eigenvalue weighted by Crippen LogP contribution is 2.32. The van der Waals surface area contributed by atoms with Gasteiger partial charge in [-0.3, -0.25) is 0 Å². The van der Waals surface area contributed by atoms with Gasteiger partial charge >= 0.3 is 6.09 Å². The predicted octanol–water partition coefficient (Wildman–Crippen LogP) is 3.21. The lowest BCUT2D eigenvalue weighted by molar-refractivity contribution is 0.00104. The van der Waals surface area contributed by atoms with E-state index in [1.165, 1.54) is 0 Å². The van der Waals surface area contributed by atoms with E-state index >= 15 is 0 Å². The zero-order valence-electron chi connectivity index (χ0n) is 15.7. The summed E-state index contributed by atoms with van der Waals surface area (Å²) in [4.78, 5) is 14.9. The number of piperidine rings is 1. The molecule has 0 bridgehead atoms. The fourth-order valence-electron chi connectivity index (χ4n) is 3.46. The van der Waals surface area contributed by atoms with Gasteiger partial charge in [-0.15, -0.1) is 0 Å². The Labute approximate surface area is 146 Å². The van der Waals surface area contributed by atoms with Crippen molar-refractivity contribution in [2.45, 2.75) is 90.4 Å². The van der Waals surface area contributed by atoms with Crippen LogP contribution in [0, 0.1) is 0 Å². The van der Waals surface area contributed by atoms with Crippen molar-refractivity contribution in [1.82, 2.24) is 10.2 Å². The first-order chi connectivity index (χ1) is 10.2. The van der Waals surface area contributed by atoms with Gasteiger partial charge in [-0.05, 0) is 61.3 Å². The quantitative estimate of drug-likeness (QED) is 0.767. The Kier molecular flexibility index (Phi) is 6.08. The first-order valence-corrected chi connectivity index (χ1v) is 8.69. The lowest BCUT2D eigenvalue weighted by atomic mass is 9.79. The lowest BCUT2D eigenvalue weighted by Crippen LogP contribution is -2.63. The summed E-state index contributed by atoms with van der Waals surface area (Å²) < 4.78 is 5.60. The van der Waals surface area contributed by atoms with Crippen LogP contribution >= 0.6 is 12.2 Å². The van der Waals surface area contributed by atoms with Gasteiger partial charge in [0.25, 0.3) is 0 Å². The Bertz CT molecular complexity index is 439. The number of carbonyl (C=O) groups excluding carboxylic acids is 1. The van der Waals surface area contributed by atoms with E-state index in [-0.39, 0.29) is 23.2 Å². The first-order valence-electron chi connectivity index (χ1n) is 8.28. The molecule has 134 valence electrons. The third-order valence-electron chi connectivity index (χ3n) is 3.84. The summed E-state index contributed by atoms with van der Waals surface area (Å²) in [5.41, 5.74) is 5.04. The number of hydrogen-bond acceptors (Lipinski definition) is 4. The maximum atomic E-state index is 12.7. The van der Waals surface area contributed by atoms with Crippen molar-refractivity contribution in [3.8, 4) is 0 Å². The van der Waals surface area contributed by atoms with Gasteiger partial charge in [-0.1, -0.05) is 12.2 Å². The number of hydrogen-bond donors (Lipinski definition) is 2. The van der Waals surface area contributed by atoms with E-state index in [0.29, 0.717) is 18.0 Å². The fourth-order valence-corrected chi connectivity index (χ4v) is 3.55. The molecule has 1 saturated heterocycles. The summed E-state index contributed by atoms with van der Waals surface area (Å²) in [5, 5.41) is 3.64. The molecule has 0 unspecified atom stereocenters. The predicted molar refractivity (Wildman–Crippen MR) is 98.7 cm³/mol. The van der Waals surface area contributed by atoms with Crippen molar-refractivity contribution in [3.63, 3.8) is 0 Å². The molecule has 23 heavy (non-hydrogen) atoms. The number of nitrogens with one attached hydrogen (secondary N) is 1. The summed E-state index contributed by atoms with van der Waals surface area (Å²) in [5.74, 6) is 0. The van der Waals surface area contributed by atoms with E-state index in [1.54, 1.807) is 0 Å². The van der Waals surface area contributed by atoms with E-state index in [1.807, 2.05) is 25.7 Å². The molecule has 1 fully saturated rings. The number of nitrogens with zero attached hydrogens (tertiary/aromatic N) is 1. The molecule has 0 aliphatic carbocycles. The average molecular weight is 344 g/mol. The maximum Gasteiger partial charge on any atom is 0.410 e. The molecule has 0 aromatic heterocycles. The van der Waals surface area contributed by atoms with Crippen LogP contribution in [-0.2, 0) is 4.74 Å². The molecule has 5 nitrogen and oxygen atoms in total. The van der Waals surface area contributed by atoms with Crippen LogP contribution in [0.5, 0.6) is 0 Å². The molecule has 1 rings (SSSR count). The molecule has 1 aliphatic rings. The SMILES string of the molecule is CC1(C)CC(N(CCC(N)=S)C(=O)OC(C)(C)C)CC(C)(C)N1. The minimum atomic E-state index is -0.517.